The van der Waals surface area contributed by atoms with E-state index < -0.39 is 10.0 Å². The number of ether oxygens (including phenoxy) is 1. The summed E-state index contributed by atoms with van der Waals surface area (Å²) < 4.78 is 32.5. The lowest BCUT2D eigenvalue weighted by molar-refractivity contribution is -0.116. The van der Waals surface area contributed by atoms with Gasteiger partial charge in [0, 0.05) is 31.3 Å². The fourth-order valence-corrected chi connectivity index (χ4v) is 5.55. The van der Waals surface area contributed by atoms with Gasteiger partial charge in [0.2, 0.25) is 15.9 Å². The summed E-state index contributed by atoms with van der Waals surface area (Å²) in [5.74, 6) is 0.987. The number of hydrogen-bond acceptors (Lipinski definition) is 5. The highest BCUT2D eigenvalue weighted by Gasteiger charge is 2.32. The van der Waals surface area contributed by atoms with Crippen molar-refractivity contribution in [3.63, 3.8) is 0 Å². The number of anilines is 1. The van der Waals surface area contributed by atoms with Crippen molar-refractivity contribution in [1.82, 2.24) is 14.5 Å². The Hall–Kier alpha value is -2.39. The summed E-state index contributed by atoms with van der Waals surface area (Å²) in [5.41, 5.74) is 1.78. The number of benzene rings is 1. The van der Waals surface area contributed by atoms with Crippen LogP contribution in [0.1, 0.15) is 37.1 Å². The van der Waals surface area contributed by atoms with Crippen LogP contribution in [0.15, 0.2) is 29.2 Å². The molecule has 29 heavy (non-hydrogen) atoms. The van der Waals surface area contributed by atoms with Crippen LogP contribution in [0.2, 0.25) is 0 Å². The molecule has 0 spiro atoms. The molecule has 0 saturated carbocycles. The number of aromatic nitrogens is 2. The van der Waals surface area contributed by atoms with E-state index in [0.717, 1.165) is 19.3 Å². The zero-order valence-corrected chi connectivity index (χ0v) is 17.9. The number of aryl methyl sites for hydroxylation is 2. The number of nitrogens with one attached hydrogen (secondary N) is 2. The quantitative estimate of drug-likeness (QED) is 0.717. The third-order valence-corrected chi connectivity index (χ3v) is 7.53. The number of H-pyrrole nitrogens is 1. The number of carbonyl (C=O) groups is 1. The molecule has 158 valence electrons. The lowest BCUT2D eigenvalue weighted by atomic mass is 9.93. The number of hydrogen-bond donors (Lipinski definition) is 2. The van der Waals surface area contributed by atoms with Gasteiger partial charge in [-0.25, -0.2) is 8.42 Å². The molecule has 0 aliphatic carbocycles. The normalized spacial score (nSPS) is 16.0. The molecule has 1 aromatic carbocycles. The number of aromatic amines is 1. The van der Waals surface area contributed by atoms with Crippen LogP contribution in [0.3, 0.4) is 0 Å². The second-order valence-corrected chi connectivity index (χ2v) is 9.30. The fraction of sp³-hybridized carbons (Fsp3) is 0.500. The maximum absolute atomic E-state index is 12.9. The minimum atomic E-state index is -3.53. The summed E-state index contributed by atoms with van der Waals surface area (Å²) in [7, 11) is -1.95. The first-order valence-corrected chi connectivity index (χ1v) is 11.2. The molecule has 0 radical (unpaired) electrons. The van der Waals surface area contributed by atoms with E-state index in [4.69, 9.17) is 4.74 Å². The Balaban J connectivity index is 1.49. The number of sulfonamides is 1. The van der Waals surface area contributed by atoms with Gasteiger partial charge in [0.1, 0.15) is 10.6 Å². The number of carbonyl (C=O) groups excluding carboxylic acids is 1. The molecule has 2 aromatic rings. The minimum Gasteiger partial charge on any atom is -0.497 e. The number of piperidine rings is 1. The Kier molecular flexibility index (Phi) is 6.59. The van der Waals surface area contributed by atoms with Crippen molar-refractivity contribution in [2.75, 3.05) is 25.5 Å². The van der Waals surface area contributed by atoms with Crippen LogP contribution in [0.25, 0.3) is 0 Å². The van der Waals surface area contributed by atoms with Crippen molar-refractivity contribution in [2.24, 2.45) is 5.92 Å². The van der Waals surface area contributed by atoms with Crippen LogP contribution in [0, 0.1) is 19.8 Å². The molecule has 2 N–H and O–H groups in total. The summed E-state index contributed by atoms with van der Waals surface area (Å²) in [4.78, 5) is 12.5. The molecule has 1 saturated heterocycles. The van der Waals surface area contributed by atoms with Gasteiger partial charge in [-0.15, -0.1) is 0 Å². The highest BCUT2D eigenvalue weighted by Crippen LogP contribution is 2.28. The average Bonchev–Trinajstić information content (AvgIpc) is 3.05. The van der Waals surface area contributed by atoms with E-state index in [1.807, 2.05) is 18.2 Å². The maximum atomic E-state index is 12.9. The van der Waals surface area contributed by atoms with Gasteiger partial charge in [-0.05, 0) is 51.2 Å². The third-order valence-electron chi connectivity index (χ3n) is 5.37. The van der Waals surface area contributed by atoms with E-state index in [9.17, 15) is 13.2 Å². The smallest absolute Gasteiger partial charge is 0.246 e. The lowest BCUT2D eigenvalue weighted by Gasteiger charge is -2.31. The van der Waals surface area contributed by atoms with E-state index in [2.05, 4.69) is 15.5 Å². The van der Waals surface area contributed by atoms with Gasteiger partial charge in [-0.1, -0.05) is 6.07 Å². The van der Waals surface area contributed by atoms with Crippen molar-refractivity contribution in [3.8, 4) is 5.75 Å². The molecule has 0 unspecified atom stereocenters. The third kappa shape index (κ3) is 4.97. The lowest BCUT2D eigenvalue weighted by Crippen LogP contribution is -2.39. The van der Waals surface area contributed by atoms with E-state index in [-0.39, 0.29) is 10.8 Å². The Morgan fingerprint density at radius 3 is 2.66 bits per heavy atom. The monoisotopic (exact) mass is 420 g/mol. The first-order chi connectivity index (χ1) is 13.8. The molecule has 1 fully saturated rings. The van der Waals surface area contributed by atoms with E-state index >= 15 is 0 Å². The molecule has 0 atom stereocenters. The minimum absolute atomic E-state index is 0.0436. The second kappa shape index (κ2) is 8.96. The van der Waals surface area contributed by atoms with Gasteiger partial charge < -0.3 is 10.1 Å². The van der Waals surface area contributed by atoms with Crippen LogP contribution in [0.4, 0.5) is 5.69 Å². The second-order valence-electron chi connectivity index (χ2n) is 7.43. The van der Waals surface area contributed by atoms with Crippen LogP contribution < -0.4 is 10.1 Å². The van der Waals surface area contributed by atoms with Crippen molar-refractivity contribution in [2.45, 2.75) is 44.4 Å². The van der Waals surface area contributed by atoms with Crippen LogP contribution in [-0.2, 0) is 14.8 Å². The first kappa shape index (κ1) is 21.3. The Morgan fingerprint density at radius 2 is 2.03 bits per heavy atom. The predicted octanol–water partition coefficient (Wildman–Crippen LogP) is 2.85. The standard InChI is InChI=1S/C20H28N4O4S/c1-14-20(15(2)23-22-14)29(26,27)24-11-9-16(10-12-24)7-8-19(25)21-17-5-4-6-18(13-17)28-3/h4-6,13,16H,7-12H2,1-3H3,(H,21,25)(H,22,23). The Bertz CT molecular complexity index is 943. The summed E-state index contributed by atoms with van der Waals surface area (Å²) in [6.07, 6.45) is 2.66. The largest absolute Gasteiger partial charge is 0.497 e. The number of amides is 1. The van der Waals surface area contributed by atoms with Crippen LogP contribution >= 0.6 is 0 Å². The number of rotatable bonds is 7. The van der Waals surface area contributed by atoms with Crippen molar-refractivity contribution in [1.29, 1.82) is 0 Å². The molecule has 1 aliphatic rings. The summed E-state index contributed by atoms with van der Waals surface area (Å²) >= 11 is 0. The molecule has 0 bridgehead atoms. The zero-order chi connectivity index (χ0) is 21.0. The van der Waals surface area contributed by atoms with E-state index in [0.29, 0.717) is 48.3 Å². The molecule has 1 aromatic heterocycles. The molecular formula is C20H28N4O4S. The molecule has 9 heteroatoms. The van der Waals surface area contributed by atoms with Gasteiger partial charge >= 0.3 is 0 Å². The predicted molar refractivity (Wildman–Crippen MR) is 110 cm³/mol. The van der Waals surface area contributed by atoms with Gasteiger partial charge in [-0.3, -0.25) is 9.89 Å². The van der Waals surface area contributed by atoms with E-state index in [1.54, 1.807) is 27.0 Å². The van der Waals surface area contributed by atoms with Crippen molar-refractivity contribution >= 4 is 21.6 Å². The molecule has 1 amide bonds. The highest BCUT2D eigenvalue weighted by molar-refractivity contribution is 7.89. The van der Waals surface area contributed by atoms with Gasteiger partial charge in [0.05, 0.1) is 18.5 Å². The topological polar surface area (TPSA) is 104 Å². The Morgan fingerprint density at radius 1 is 1.31 bits per heavy atom. The molecule has 3 rings (SSSR count). The highest BCUT2D eigenvalue weighted by atomic mass is 32.2. The van der Waals surface area contributed by atoms with Gasteiger partial charge in [0.15, 0.2) is 0 Å². The van der Waals surface area contributed by atoms with Crippen LogP contribution in [-0.4, -0.2) is 49.0 Å². The zero-order valence-electron chi connectivity index (χ0n) is 17.1. The van der Waals surface area contributed by atoms with Crippen molar-refractivity contribution < 1.29 is 17.9 Å². The van der Waals surface area contributed by atoms with Crippen molar-refractivity contribution in [3.05, 3.63) is 35.7 Å². The SMILES string of the molecule is COc1cccc(NC(=O)CCC2CCN(S(=O)(=O)c3c(C)n[nH]c3C)CC2)c1. The summed E-state index contributed by atoms with van der Waals surface area (Å²) in [5, 5.41) is 9.63. The first-order valence-electron chi connectivity index (χ1n) is 9.77. The molecule has 8 nitrogen and oxygen atoms in total. The van der Waals surface area contributed by atoms with E-state index in [1.165, 1.54) is 4.31 Å². The molecule has 2 heterocycles. The number of methoxy groups -OCH3 is 1. The average molecular weight is 421 g/mol. The maximum Gasteiger partial charge on any atom is 0.246 e. The van der Waals surface area contributed by atoms with Gasteiger partial charge in [0.25, 0.3) is 0 Å². The summed E-state index contributed by atoms with van der Waals surface area (Å²) in [6.45, 7) is 4.35. The van der Waals surface area contributed by atoms with Gasteiger partial charge in [-0.2, -0.15) is 9.40 Å². The Labute approximate surface area is 171 Å². The summed E-state index contributed by atoms with van der Waals surface area (Å²) in [6, 6.07) is 7.25. The molecule has 1 aliphatic heterocycles. The molecular weight excluding hydrogens is 392 g/mol. The number of nitrogens with zero attached hydrogens (tertiary/aromatic N) is 2. The van der Waals surface area contributed by atoms with Crippen LogP contribution in [0.5, 0.6) is 5.75 Å². The fourth-order valence-electron chi connectivity index (χ4n) is 3.75.